The quantitative estimate of drug-likeness (QED) is 0.751. The molecule has 0 aliphatic carbocycles. The van der Waals surface area contributed by atoms with Crippen molar-refractivity contribution < 1.29 is 23.0 Å². The molecule has 0 saturated carbocycles. The molecule has 8 heteroatoms. The Morgan fingerprint density at radius 3 is 2.54 bits per heavy atom. The van der Waals surface area contributed by atoms with Crippen LogP contribution in [0.15, 0.2) is 30.5 Å². The van der Waals surface area contributed by atoms with Crippen LogP contribution in [-0.4, -0.2) is 33.1 Å². The van der Waals surface area contributed by atoms with Gasteiger partial charge in [-0.1, -0.05) is 0 Å². The third-order valence-corrected chi connectivity index (χ3v) is 4.65. The predicted molar refractivity (Wildman–Crippen MR) is 88.8 cm³/mol. The molecule has 1 aliphatic rings. The highest BCUT2D eigenvalue weighted by Gasteiger charge is 2.36. The number of rotatable bonds is 2. The highest BCUT2D eigenvalue weighted by molar-refractivity contribution is 5.80. The predicted octanol–water partition coefficient (Wildman–Crippen LogP) is 3.88. The number of hydrogen-bond donors (Lipinski definition) is 1. The summed E-state index contributed by atoms with van der Waals surface area (Å²) in [7, 11) is 0. The van der Waals surface area contributed by atoms with E-state index in [0.29, 0.717) is 30.1 Å². The van der Waals surface area contributed by atoms with Crippen LogP contribution in [0, 0.1) is 6.92 Å². The van der Waals surface area contributed by atoms with Gasteiger partial charge in [0.25, 0.3) is 0 Å². The van der Waals surface area contributed by atoms with Gasteiger partial charge in [0.2, 0.25) is 0 Å². The Balaban J connectivity index is 1.79. The van der Waals surface area contributed by atoms with E-state index < -0.39 is 17.5 Å². The molecule has 0 unspecified atom stereocenters. The number of aryl methyl sites for hydroxylation is 1. The Kier molecular flexibility index (Phi) is 3.52. The largest absolute Gasteiger partial charge is 0.507 e. The summed E-state index contributed by atoms with van der Waals surface area (Å²) < 4.78 is 45.7. The van der Waals surface area contributed by atoms with Crippen LogP contribution < -0.4 is 0 Å². The van der Waals surface area contributed by atoms with Gasteiger partial charge in [-0.25, -0.2) is 4.98 Å². The normalized spacial score (nSPS) is 16.7. The van der Waals surface area contributed by atoms with E-state index in [-0.39, 0.29) is 11.1 Å². The first kappa shape index (κ1) is 16.8. The number of halogens is 3. The third-order valence-electron chi connectivity index (χ3n) is 4.65. The molecule has 0 radical (unpaired) electrons. The monoisotopic (exact) mass is 363 g/mol. The van der Waals surface area contributed by atoms with Crippen LogP contribution in [0.4, 0.5) is 13.2 Å². The van der Waals surface area contributed by atoms with Crippen LogP contribution in [0.2, 0.25) is 0 Å². The summed E-state index contributed by atoms with van der Waals surface area (Å²) >= 11 is 0. The molecule has 1 aliphatic heterocycles. The van der Waals surface area contributed by atoms with Crippen LogP contribution in [0.1, 0.15) is 18.1 Å². The van der Waals surface area contributed by atoms with Gasteiger partial charge in [0.05, 0.1) is 24.5 Å². The zero-order valence-electron chi connectivity index (χ0n) is 14.1. The van der Waals surface area contributed by atoms with Gasteiger partial charge in [-0.15, -0.1) is 0 Å². The SMILES string of the molecule is Cc1cc(C(F)(F)F)cc(O)c1-c1ccc2cn(C3(C)COC3)nc2n1. The summed E-state index contributed by atoms with van der Waals surface area (Å²) in [5, 5.41) is 15.4. The van der Waals surface area contributed by atoms with Gasteiger partial charge >= 0.3 is 6.18 Å². The fourth-order valence-corrected chi connectivity index (χ4v) is 3.11. The van der Waals surface area contributed by atoms with Gasteiger partial charge < -0.3 is 9.84 Å². The first-order valence-corrected chi connectivity index (χ1v) is 8.03. The Hall–Kier alpha value is -2.61. The van der Waals surface area contributed by atoms with Crippen molar-refractivity contribution in [3.05, 3.63) is 41.6 Å². The standard InChI is InChI=1S/C18H16F3N3O2/c1-10-5-12(18(19,20)21)6-14(25)15(10)13-4-3-11-7-24(23-16(11)22-13)17(2)8-26-9-17/h3-7,25H,8-9H2,1-2H3. The lowest BCUT2D eigenvalue weighted by molar-refractivity contribution is -0.137. The molecule has 1 fully saturated rings. The highest BCUT2D eigenvalue weighted by Crippen LogP contribution is 2.39. The number of phenols is 1. The van der Waals surface area contributed by atoms with Crippen molar-refractivity contribution in [3.63, 3.8) is 0 Å². The summed E-state index contributed by atoms with van der Waals surface area (Å²) in [6, 6.07) is 5.19. The van der Waals surface area contributed by atoms with Crippen LogP contribution in [0.5, 0.6) is 5.75 Å². The van der Waals surface area contributed by atoms with Gasteiger partial charge in [0.15, 0.2) is 5.65 Å². The summed E-state index contributed by atoms with van der Waals surface area (Å²) in [6.07, 6.45) is -2.65. The Labute approximate surface area is 147 Å². The van der Waals surface area contributed by atoms with Gasteiger partial charge in [-0.2, -0.15) is 18.3 Å². The van der Waals surface area contributed by atoms with E-state index in [1.165, 1.54) is 6.92 Å². The summed E-state index contributed by atoms with van der Waals surface area (Å²) in [5.41, 5.74) is 0.304. The van der Waals surface area contributed by atoms with Gasteiger partial charge in [0, 0.05) is 17.1 Å². The minimum atomic E-state index is -4.52. The molecule has 3 aromatic rings. The van der Waals surface area contributed by atoms with Crippen LogP contribution in [0.25, 0.3) is 22.3 Å². The molecule has 3 heterocycles. The van der Waals surface area contributed by atoms with Crippen molar-refractivity contribution in [2.24, 2.45) is 0 Å². The van der Waals surface area contributed by atoms with Crippen molar-refractivity contribution in [3.8, 4) is 17.0 Å². The van der Waals surface area contributed by atoms with Gasteiger partial charge in [-0.3, -0.25) is 4.68 Å². The maximum Gasteiger partial charge on any atom is 0.416 e. The van der Waals surface area contributed by atoms with Crippen molar-refractivity contribution in [1.29, 1.82) is 0 Å². The van der Waals surface area contributed by atoms with Crippen molar-refractivity contribution in [2.75, 3.05) is 13.2 Å². The van der Waals surface area contributed by atoms with E-state index in [2.05, 4.69) is 10.1 Å². The highest BCUT2D eigenvalue weighted by atomic mass is 19.4. The molecule has 0 spiro atoms. The molecule has 26 heavy (non-hydrogen) atoms. The lowest BCUT2D eigenvalue weighted by atomic mass is 10.00. The third kappa shape index (κ3) is 2.61. The maximum absolute atomic E-state index is 12.9. The summed E-state index contributed by atoms with van der Waals surface area (Å²) in [5.74, 6) is -0.456. The minimum Gasteiger partial charge on any atom is -0.507 e. The number of benzene rings is 1. The Morgan fingerprint density at radius 2 is 1.96 bits per heavy atom. The molecule has 136 valence electrons. The molecule has 0 amide bonds. The molecular formula is C18H16F3N3O2. The van der Waals surface area contributed by atoms with Gasteiger partial charge in [-0.05, 0) is 43.7 Å². The van der Waals surface area contributed by atoms with Crippen molar-refractivity contribution in [2.45, 2.75) is 25.6 Å². The molecule has 5 nitrogen and oxygen atoms in total. The maximum atomic E-state index is 12.9. The zero-order valence-corrected chi connectivity index (χ0v) is 14.1. The van der Waals surface area contributed by atoms with E-state index >= 15 is 0 Å². The van der Waals surface area contributed by atoms with E-state index in [9.17, 15) is 18.3 Å². The molecule has 1 saturated heterocycles. The first-order chi connectivity index (χ1) is 12.2. The van der Waals surface area contributed by atoms with E-state index in [0.717, 1.165) is 17.5 Å². The van der Waals surface area contributed by atoms with Crippen LogP contribution in [0.3, 0.4) is 0 Å². The Morgan fingerprint density at radius 1 is 1.23 bits per heavy atom. The number of ether oxygens (including phenoxy) is 1. The first-order valence-electron chi connectivity index (χ1n) is 8.03. The average Bonchev–Trinajstić information content (AvgIpc) is 2.94. The number of aromatic hydroxyl groups is 1. The summed E-state index contributed by atoms with van der Waals surface area (Å²) in [4.78, 5) is 4.44. The molecule has 1 N–H and O–H groups in total. The van der Waals surface area contributed by atoms with Crippen molar-refractivity contribution in [1.82, 2.24) is 14.8 Å². The molecule has 4 rings (SSSR count). The second-order valence-electron chi connectivity index (χ2n) is 6.86. The second kappa shape index (κ2) is 5.44. The zero-order chi connectivity index (χ0) is 18.7. The molecule has 0 atom stereocenters. The topological polar surface area (TPSA) is 60.2 Å². The van der Waals surface area contributed by atoms with E-state index in [4.69, 9.17) is 4.74 Å². The molecular weight excluding hydrogens is 347 g/mol. The lowest BCUT2D eigenvalue weighted by Gasteiger charge is -2.37. The summed E-state index contributed by atoms with van der Waals surface area (Å²) in [6.45, 7) is 4.66. The number of fused-ring (bicyclic) bond motifs is 1. The minimum absolute atomic E-state index is 0.215. The van der Waals surface area contributed by atoms with Crippen LogP contribution >= 0.6 is 0 Å². The molecule has 2 aromatic heterocycles. The number of alkyl halides is 3. The average molecular weight is 363 g/mol. The fraction of sp³-hybridized carbons (Fsp3) is 0.333. The molecule has 1 aromatic carbocycles. The fourth-order valence-electron chi connectivity index (χ4n) is 3.11. The number of hydrogen-bond acceptors (Lipinski definition) is 4. The van der Waals surface area contributed by atoms with Gasteiger partial charge in [0.1, 0.15) is 11.3 Å². The Bertz CT molecular complexity index is 984. The smallest absolute Gasteiger partial charge is 0.416 e. The van der Waals surface area contributed by atoms with E-state index in [1.54, 1.807) is 16.8 Å². The lowest BCUT2D eigenvalue weighted by Crippen LogP contribution is -2.49. The number of phenolic OH excluding ortho intramolecular Hbond substituents is 1. The van der Waals surface area contributed by atoms with Crippen LogP contribution in [-0.2, 0) is 16.5 Å². The number of pyridine rings is 1. The second-order valence-corrected chi connectivity index (χ2v) is 6.86. The number of nitrogens with zero attached hydrogens (tertiary/aromatic N) is 3. The van der Waals surface area contributed by atoms with E-state index in [1.807, 2.05) is 13.1 Å². The number of aromatic nitrogens is 3. The molecule has 0 bridgehead atoms. The van der Waals surface area contributed by atoms with Crippen molar-refractivity contribution >= 4 is 11.0 Å².